The Hall–Kier alpha value is -2.18. The number of para-hydroxylation sites is 1. The van der Waals surface area contributed by atoms with Gasteiger partial charge in [0.2, 0.25) is 0 Å². The zero-order valence-corrected chi connectivity index (χ0v) is 11.6. The SMILES string of the molecule is NC1(C(=O)O)CCN(Cc2ccnn2-c2ccccc2)C1. The summed E-state index contributed by atoms with van der Waals surface area (Å²) in [6.45, 7) is 1.69. The first-order valence-electron chi connectivity index (χ1n) is 6.91. The Kier molecular flexibility index (Phi) is 3.48. The number of carboxylic acid groups (broad SMARTS) is 1. The van der Waals surface area contributed by atoms with Crippen LogP contribution in [0.15, 0.2) is 42.6 Å². The molecule has 6 nitrogen and oxygen atoms in total. The van der Waals surface area contributed by atoms with Crippen molar-refractivity contribution in [1.29, 1.82) is 0 Å². The van der Waals surface area contributed by atoms with Gasteiger partial charge in [0.25, 0.3) is 0 Å². The van der Waals surface area contributed by atoms with Crippen LogP contribution in [0, 0.1) is 0 Å². The summed E-state index contributed by atoms with van der Waals surface area (Å²) < 4.78 is 1.87. The number of carbonyl (C=O) groups is 1. The number of benzene rings is 1. The van der Waals surface area contributed by atoms with E-state index < -0.39 is 11.5 Å². The molecule has 0 bridgehead atoms. The summed E-state index contributed by atoms with van der Waals surface area (Å²) in [6, 6.07) is 11.8. The van der Waals surface area contributed by atoms with Crippen LogP contribution in [0.4, 0.5) is 0 Å². The van der Waals surface area contributed by atoms with Gasteiger partial charge in [-0.3, -0.25) is 9.69 Å². The van der Waals surface area contributed by atoms with Gasteiger partial charge in [0, 0.05) is 25.8 Å². The zero-order valence-electron chi connectivity index (χ0n) is 11.6. The highest BCUT2D eigenvalue weighted by molar-refractivity contribution is 5.79. The standard InChI is InChI=1S/C15H18N4O2/c16-15(14(20)21)7-9-18(11-15)10-13-6-8-17-19(13)12-4-2-1-3-5-12/h1-6,8H,7,9-11,16H2,(H,20,21). The maximum Gasteiger partial charge on any atom is 0.325 e. The van der Waals surface area contributed by atoms with Crippen molar-refractivity contribution in [3.63, 3.8) is 0 Å². The number of carboxylic acids is 1. The topological polar surface area (TPSA) is 84.4 Å². The molecule has 1 atom stereocenters. The largest absolute Gasteiger partial charge is 0.480 e. The fourth-order valence-electron chi connectivity index (χ4n) is 2.71. The number of likely N-dealkylation sites (tertiary alicyclic amines) is 1. The highest BCUT2D eigenvalue weighted by Crippen LogP contribution is 2.21. The van der Waals surface area contributed by atoms with Gasteiger partial charge in [-0.15, -0.1) is 0 Å². The molecular formula is C15H18N4O2. The van der Waals surface area contributed by atoms with Crippen LogP contribution < -0.4 is 5.73 Å². The van der Waals surface area contributed by atoms with Crippen LogP contribution in [0.3, 0.4) is 0 Å². The first-order valence-corrected chi connectivity index (χ1v) is 6.91. The average Bonchev–Trinajstić information content (AvgIpc) is 3.08. The molecule has 3 rings (SSSR count). The first kappa shape index (κ1) is 13.8. The van der Waals surface area contributed by atoms with Crippen molar-refractivity contribution in [2.24, 2.45) is 5.73 Å². The molecule has 0 amide bonds. The molecule has 1 aromatic heterocycles. The Labute approximate surface area is 122 Å². The highest BCUT2D eigenvalue weighted by Gasteiger charge is 2.41. The van der Waals surface area contributed by atoms with Crippen LogP contribution in [0.1, 0.15) is 12.1 Å². The molecule has 21 heavy (non-hydrogen) atoms. The van der Waals surface area contributed by atoms with E-state index >= 15 is 0 Å². The van der Waals surface area contributed by atoms with Gasteiger partial charge < -0.3 is 10.8 Å². The minimum Gasteiger partial charge on any atom is -0.480 e. The minimum atomic E-state index is -1.13. The van der Waals surface area contributed by atoms with Crippen LogP contribution in [0.25, 0.3) is 5.69 Å². The van der Waals surface area contributed by atoms with Crippen LogP contribution in [0.5, 0.6) is 0 Å². The van der Waals surface area contributed by atoms with Crippen LogP contribution in [-0.2, 0) is 11.3 Å². The van der Waals surface area contributed by atoms with Crippen molar-refractivity contribution in [2.45, 2.75) is 18.5 Å². The fourth-order valence-corrected chi connectivity index (χ4v) is 2.71. The fraction of sp³-hybridized carbons (Fsp3) is 0.333. The number of nitrogens with zero attached hydrogens (tertiary/aromatic N) is 3. The summed E-state index contributed by atoms with van der Waals surface area (Å²) in [4.78, 5) is 13.3. The van der Waals surface area contributed by atoms with Crippen molar-refractivity contribution in [2.75, 3.05) is 13.1 Å². The van der Waals surface area contributed by atoms with Gasteiger partial charge in [-0.2, -0.15) is 5.10 Å². The Morgan fingerprint density at radius 2 is 2.10 bits per heavy atom. The molecular weight excluding hydrogens is 268 g/mol. The Morgan fingerprint density at radius 3 is 2.76 bits per heavy atom. The van der Waals surface area contributed by atoms with E-state index in [2.05, 4.69) is 10.00 Å². The molecule has 1 aliphatic heterocycles. The summed E-state index contributed by atoms with van der Waals surface area (Å²) in [6.07, 6.45) is 2.23. The van der Waals surface area contributed by atoms with Crippen LogP contribution >= 0.6 is 0 Å². The second-order valence-corrected chi connectivity index (χ2v) is 5.49. The van der Waals surface area contributed by atoms with Crippen molar-refractivity contribution in [1.82, 2.24) is 14.7 Å². The Bertz CT molecular complexity index is 640. The quantitative estimate of drug-likeness (QED) is 0.871. The molecule has 1 fully saturated rings. The zero-order chi connectivity index (χ0) is 14.9. The van der Waals surface area contributed by atoms with Gasteiger partial charge in [0.15, 0.2) is 0 Å². The van der Waals surface area contributed by atoms with Crippen molar-refractivity contribution in [3.05, 3.63) is 48.3 Å². The third-order valence-electron chi connectivity index (χ3n) is 3.91. The third-order valence-corrected chi connectivity index (χ3v) is 3.91. The van der Waals surface area contributed by atoms with E-state index in [1.807, 2.05) is 41.1 Å². The average molecular weight is 286 g/mol. The molecule has 1 saturated heterocycles. The van der Waals surface area contributed by atoms with Crippen molar-refractivity contribution >= 4 is 5.97 Å². The second kappa shape index (κ2) is 5.31. The van der Waals surface area contributed by atoms with Gasteiger partial charge in [-0.1, -0.05) is 18.2 Å². The molecule has 0 spiro atoms. The normalized spacial score (nSPS) is 22.5. The summed E-state index contributed by atoms with van der Waals surface area (Å²) in [7, 11) is 0. The van der Waals surface area contributed by atoms with Crippen molar-refractivity contribution in [3.8, 4) is 5.69 Å². The minimum absolute atomic E-state index is 0.363. The van der Waals surface area contributed by atoms with E-state index in [9.17, 15) is 9.90 Å². The smallest absolute Gasteiger partial charge is 0.325 e. The number of aliphatic carboxylic acids is 1. The monoisotopic (exact) mass is 286 g/mol. The molecule has 0 saturated carbocycles. The summed E-state index contributed by atoms with van der Waals surface area (Å²) >= 11 is 0. The van der Waals surface area contributed by atoms with Crippen molar-refractivity contribution < 1.29 is 9.90 Å². The summed E-state index contributed by atoms with van der Waals surface area (Å²) in [5, 5.41) is 13.5. The highest BCUT2D eigenvalue weighted by atomic mass is 16.4. The second-order valence-electron chi connectivity index (χ2n) is 5.49. The molecule has 1 aliphatic rings. The number of hydrogen-bond donors (Lipinski definition) is 2. The summed E-state index contributed by atoms with van der Waals surface area (Å²) in [5.74, 6) is -0.929. The Balaban J connectivity index is 1.76. The molecule has 3 N–H and O–H groups in total. The maximum atomic E-state index is 11.2. The van der Waals surface area contributed by atoms with Gasteiger partial charge in [-0.05, 0) is 24.6 Å². The molecule has 0 aliphatic carbocycles. The van der Waals surface area contributed by atoms with Crippen LogP contribution in [-0.4, -0.2) is 44.4 Å². The summed E-state index contributed by atoms with van der Waals surface area (Å²) in [5.41, 5.74) is 6.80. The number of aromatic nitrogens is 2. The third kappa shape index (κ3) is 2.68. The van der Waals surface area contributed by atoms with Gasteiger partial charge in [0.1, 0.15) is 5.54 Å². The van der Waals surface area contributed by atoms with E-state index in [4.69, 9.17) is 5.73 Å². The van der Waals surface area contributed by atoms with E-state index in [0.29, 0.717) is 26.1 Å². The predicted molar refractivity (Wildman–Crippen MR) is 78.0 cm³/mol. The van der Waals surface area contributed by atoms with Crippen LogP contribution in [0.2, 0.25) is 0 Å². The van der Waals surface area contributed by atoms with E-state index in [1.165, 1.54) is 0 Å². The molecule has 2 aromatic rings. The first-order chi connectivity index (χ1) is 10.1. The molecule has 110 valence electrons. The number of rotatable bonds is 4. The van der Waals surface area contributed by atoms with E-state index in [0.717, 1.165) is 11.4 Å². The van der Waals surface area contributed by atoms with Gasteiger partial charge >= 0.3 is 5.97 Å². The molecule has 2 heterocycles. The lowest BCUT2D eigenvalue weighted by molar-refractivity contribution is -0.142. The van der Waals surface area contributed by atoms with E-state index in [-0.39, 0.29) is 0 Å². The molecule has 6 heteroatoms. The number of hydrogen-bond acceptors (Lipinski definition) is 4. The lowest BCUT2D eigenvalue weighted by Gasteiger charge is -2.20. The number of nitrogens with two attached hydrogens (primary N) is 1. The molecule has 0 radical (unpaired) electrons. The predicted octanol–water partition coefficient (Wildman–Crippen LogP) is 0.860. The van der Waals surface area contributed by atoms with E-state index in [1.54, 1.807) is 6.20 Å². The Morgan fingerprint density at radius 1 is 1.33 bits per heavy atom. The maximum absolute atomic E-state index is 11.2. The van der Waals surface area contributed by atoms with Gasteiger partial charge in [0.05, 0.1) is 11.4 Å². The lowest BCUT2D eigenvalue weighted by atomic mass is 10.0. The lowest BCUT2D eigenvalue weighted by Crippen LogP contribution is -2.50. The van der Waals surface area contributed by atoms with Gasteiger partial charge in [-0.25, -0.2) is 4.68 Å². The molecule has 1 unspecified atom stereocenters. The molecule has 1 aromatic carbocycles.